The van der Waals surface area contributed by atoms with E-state index < -0.39 is 23.3 Å². The van der Waals surface area contributed by atoms with Gasteiger partial charge in [-0.25, -0.2) is 4.79 Å². The first-order valence-electron chi connectivity index (χ1n) is 5.09. The summed E-state index contributed by atoms with van der Waals surface area (Å²) in [5.41, 5.74) is -1.04. The van der Waals surface area contributed by atoms with Crippen LogP contribution in [0.15, 0.2) is 20.3 Å². The predicted octanol–water partition coefficient (Wildman–Crippen LogP) is 1.09. The lowest BCUT2D eigenvalue weighted by molar-refractivity contribution is -0.144. The largest absolute Gasteiger partial charge is 0.444 e. The lowest BCUT2D eigenvalue weighted by Crippen LogP contribution is -2.42. The Kier molecular flexibility index (Phi) is 5.15. The zero-order valence-electron chi connectivity index (χ0n) is 9.85. The molecule has 0 amide bonds. The molecule has 1 aromatic heterocycles. The van der Waals surface area contributed by atoms with Crippen LogP contribution in [0.2, 0.25) is 0 Å². The van der Waals surface area contributed by atoms with E-state index >= 15 is 0 Å². The third kappa shape index (κ3) is 3.23. The van der Waals surface area contributed by atoms with Gasteiger partial charge in [-0.3, -0.25) is 18.7 Å². The van der Waals surface area contributed by atoms with Gasteiger partial charge in [-0.2, -0.15) is 0 Å². The van der Waals surface area contributed by atoms with E-state index in [0.29, 0.717) is 0 Å². The van der Waals surface area contributed by atoms with Gasteiger partial charge in [0.25, 0.3) is 5.56 Å². The fourth-order valence-corrected chi connectivity index (χ4v) is 1.87. The fraction of sp³-hybridized carbons (Fsp3) is 0.500. The summed E-state index contributed by atoms with van der Waals surface area (Å²) >= 11 is 8.71. The van der Waals surface area contributed by atoms with Crippen LogP contribution in [0.25, 0.3) is 0 Å². The maximum absolute atomic E-state index is 12.0. The molecule has 0 aliphatic heterocycles. The molecule has 0 radical (unpaired) electrons. The summed E-state index contributed by atoms with van der Waals surface area (Å²) in [5.74, 6) is -0.389. The van der Waals surface area contributed by atoms with E-state index in [-0.39, 0.29) is 17.1 Å². The molecule has 0 saturated carbocycles. The molecule has 0 aromatic carbocycles. The highest BCUT2D eigenvalue weighted by molar-refractivity contribution is 9.10. The zero-order valence-corrected chi connectivity index (χ0v) is 12.2. The van der Waals surface area contributed by atoms with E-state index in [0.717, 1.165) is 9.13 Å². The summed E-state index contributed by atoms with van der Waals surface area (Å²) in [6.45, 7) is 2.64. The number of hydrogen-bond acceptors (Lipinski definition) is 4. The minimum atomic E-state index is -0.572. The average Bonchev–Trinajstić information content (AvgIpc) is 2.31. The van der Waals surface area contributed by atoms with Crippen molar-refractivity contribution in [3.63, 3.8) is 0 Å². The van der Waals surface area contributed by atoms with Gasteiger partial charge < -0.3 is 4.74 Å². The highest BCUT2D eigenvalue weighted by Crippen LogP contribution is 2.05. The van der Waals surface area contributed by atoms with Crippen molar-refractivity contribution in [1.82, 2.24) is 9.13 Å². The number of esters is 1. The van der Waals surface area contributed by atoms with E-state index in [1.165, 1.54) is 13.1 Å². The maximum atomic E-state index is 12.0. The molecule has 0 bridgehead atoms. The zero-order chi connectivity index (χ0) is 13.9. The van der Waals surface area contributed by atoms with Crippen LogP contribution in [0.5, 0.6) is 0 Å². The Morgan fingerprint density at radius 3 is 2.67 bits per heavy atom. The second-order valence-electron chi connectivity index (χ2n) is 3.67. The van der Waals surface area contributed by atoms with Crippen molar-refractivity contribution < 1.29 is 9.53 Å². The van der Waals surface area contributed by atoms with Crippen molar-refractivity contribution in [3.05, 3.63) is 31.5 Å². The number of carbonyl (C=O) groups excluding carboxylic acids is 1. The molecule has 8 heteroatoms. The minimum absolute atomic E-state index is 0.124. The first-order chi connectivity index (χ1) is 8.38. The smallest absolute Gasteiger partial charge is 0.334 e. The number of ether oxygens (including phenoxy) is 1. The van der Waals surface area contributed by atoms with Crippen LogP contribution < -0.4 is 11.2 Å². The summed E-state index contributed by atoms with van der Waals surface area (Å²) in [6, 6.07) is -0.451. The number of rotatable bonds is 4. The SMILES string of the molecule is CC(=O)OCn1cc(Br)c(=O)n(C(C)CCl)c1=O. The molecule has 0 saturated heterocycles. The monoisotopic (exact) mass is 338 g/mol. The Morgan fingerprint density at radius 2 is 2.17 bits per heavy atom. The van der Waals surface area contributed by atoms with Gasteiger partial charge in [0, 0.05) is 19.0 Å². The molecule has 1 atom stereocenters. The van der Waals surface area contributed by atoms with E-state index in [4.69, 9.17) is 16.3 Å². The molecular formula is C10H12BrClN2O4. The molecule has 1 rings (SSSR count). The number of aromatic nitrogens is 2. The quantitative estimate of drug-likeness (QED) is 0.608. The third-order valence-corrected chi connectivity index (χ3v) is 3.21. The number of carbonyl (C=O) groups is 1. The van der Waals surface area contributed by atoms with E-state index in [1.807, 2.05) is 0 Å². The molecule has 1 unspecified atom stereocenters. The van der Waals surface area contributed by atoms with Crippen molar-refractivity contribution in [2.75, 3.05) is 5.88 Å². The average molecular weight is 340 g/mol. The van der Waals surface area contributed by atoms with Crippen molar-refractivity contribution in [2.45, 2.75) is 26.6 Å². The molecule has 0 fully saturated rings. The standard InChI is InChI=1S/C10H12BrClN2O4/c1-6(3-12)14-9(16)8(11)4-13(10(14)17)5-18-7(2)15/h4,6H,3,5H2,1-2H3. The Hall–Kier alpha value is -1.08. The van der Waals surface area contributed by atoms with Crippen LogP contribution in [-0.2, 0) is 16.3 Å². The molecule has 0 N–H and O–H groups in total. The van der Waals surface area contributed by atoms with Gasteiger partial charge in [-0.1, -0.05) is 0 Å². The van der Waals surface area contributed by atoms with E-state index in [2.05, 4.69) is 15.9 Å². The molecule has 0 aliphatic carbocycles. The van der Waals surface area contributed by atoms with Gasteiger partial charge in [-0.05, 0) is 22.9 Å². The third-order valence-electron chi connectivity index (χ3n) is 2.22. The van der Waals surface area contributed by atoms with E-state index in [1.54, 1.807) is 6.92 Å². The van der Waals surface area contributed by atoms with Gasteiger partial charge in [0.05, 0.1) is 10.5 Å². The molecular weight excluding hydrogens is 327 g/mol. The van der Waals surface area contributed by atoms with Crippen molar-refractivity contribution in [3.8, 4) is 0 Å². The highest BCUT2D eigenvalue weighted by Gasteiger charge is 2.14. The summed E-state index contributed by atoms with van der Waals surface area (Å²) in [5, 5.41) is 0. The van der Waals surface area contributed by atoms with Gasteiger partial charge in [0.15, 0.2) is 6.73 Å². The Balaban J connectivity index is 3.31. The van der Waals surface area contributed by atoms with Crippen LogP contribution in [0.1, 0.15) is 19.9 Å². The molecule has 1 heterocycles. The second-order valence-corrected chi connectivity index (χ2v) is 4.84. The molecule has 6 nitrogen and oxygen atoms in total. The van der Waals surface area contributed by atoms with Crippen LogP contribution in [0, 0.1) is 0 Å². The van der Waals surface area contributed by atoms with Gasteiger partial charge >= 0.3 is 11.7 Å². The topological polar surface area (TPSA) is 70.3 Å². The Bertz CT molecular complexity index is 566. The lowest BCUT2D eigenvalue weighted by atomic mass is 10.4. The highest BCUT2D eigenvalue weighted by atomic mass is 79.9. The van der Waals surface area contributed by atoms with Gasteiger partial charge in [-0.15, -0.1) is 11.6 Å². The minimum Gasteiger partial charge on any atom is -0.444 e. The van der Waals surface area contributed by atoms with Crippen molar-refractivity contribution >= 4 is 33.5 Å². The van der Waals surface area contributed by atoms with Crippen LogP contribution in [0.3, 0.4) is 0 Å². The Morgan fingerprint density at radius 1 is 1.56 bits per heavy atom. The second kappa shape index (κ2) is 6.19. The molecule has 1 aromatic rings. The normalized spacial score (nSPS) is 12.2. The van der Waals surface area contributed by atoms with Crippen LogP contribution in [0.4, 0.5) is 0 Å². The summed E-state index contributed by atoms with van der Waals surface area (Å²) in [7, 11) is 0. The molecule has 0 aliphatic rings. The summed E-state index contributed by atoms with van der Waals surface area (Å²) < 4.78 is 7.06. The fourth-order valence-electron chi connectivity index (χ4n) is 1.30. The van der Waals surface area contributed by atoms with Crippen LogP contribution in [-0.4, -0.2) is 21.0 Å². The Labute approximate surface area is 116 Å². The number of alkyl halides is 1. The van der Waals surface area contributed by atoms with Crippen molar-refractivity contribution in [1.29, 1.82) is 0 Å². The lowest BCUT2D eigenvalue weighted by Gasteiger charge is -2.14. The molecule has 0 spiro atoms. The van der Waals surface area contributed by atoms with Crippen molar-refractivity contribution in [2.24, 2.45) is 0 Å². The summed E-state index contributed by atoms with van der Waals surface area (Å²) in [4.78, 5) is 34.5. The molecule has 18 heavy (non-hydrogen) atoms. The number of halogens is 2. The number of hydrogen-bond donors (Lipinski definition) is 0. The van der Waals surface area contributed by atoms with Gasteiger partial charge in [0.1, 0.15) is 0 Å². The summed E-state index contributed by atoms with van der Waals surface area (Å²) in [6.07, 6.45) is 1.28. The molecule has 100 valence electrons. The first kappa shape index (κ1) is 15.0. The first-order valence-corrected chi connectivity index (χ1v) is 6.42. The number of nitrogens with zero attached hydrogens (tertiary/aromatic N) is 2. The van der Waals surface area contributed by atoms with E-state index in [9.17, 15) is 14.4 Å². The van der Waals surface area contributed by atoms with Crippen LogP contribution >= 0.6 is 27.5 Å². The maximum Gasteiger partial charge on any atom is 0.334 e. The predicted molar refractivity (Wildman–Crippen MR) is 69.9 cm³/mol. The van der Waals surface area contributed by atoms with Gasteiger partial charge in [0.2, 0.25) is 0 Å².